The number of unbranched alkanes of at least 4 members (excludes halogenated alkanes) is 1. The SMILES string of the molecule is CCCCNC(=O)[C@@H](CC)N(Cc1cccc(OC)c1)C(=O)CN(c1cc(C)ccc1OC)S(=O)(=O)c1ccc(C)cc1. The number of nitrogens with zero attached hydrogens (tertiary/aromatic N) is 2. The lowest BCUT2D eigenvalue weighted by atomic mass is 10.1. The van der Waals surface area contributed by atoms with E-state index in [0.29, 0.717) is 24.5 Å². The van der Waals surface area contributed by atoms with Gasteiger partial charge in [0.15, 0.2) is 0 Å². The molecule has 3 aromatic carbocycles. The van der Waals surface area contributed by atoms with Crippen LogP contribution in [0.5, 0.6) is 11.5 Å². The van der Waals surface area contributed by atoms with E-state index in [1.165, 1.54) is 24.1 Å². The number of benzene rings is 3. The van der Waals surface area contributed by atoms with E-state index in [1.54, 1.807) is 43.5 Å². The summed E-state index contributed by atoms with van der Waals surface area (Å²) >= 11 is 0. The third-order valence-electron chi connectivity index (χ3n) is 7.19. The predicted molar refractivity (Wildman–Crippen MR) is 169 cm³/mol. The summed E-state index contributed by atoms with van der Waals surface area (Å²) in [7, 11) is -1.21. The molecule has 0 unspecified atom stereocenters. The monoisotopic (exact) mass is 609 g/mol. The van der Waals surface area contributed by atoms with Crippen LogP contribution in [0.15, 0.2) is 71.6 Å². The van der Waals surface area contributed by atoms with E-state index in [1.807, 2.05) is 45.9 Å². The highest BCUT2D eigenvalue weighted by Crippen LogP contribution is 2.34. The Balaban J connectivity index is 2.11. The van der Waals surface area contributed by atoms with E-state index in [4.69, 9.17) is 9.47 Å². The average molecular weight is 610 g/mol. The molecule has 0 aliphatic heterocycles. The fraction of sp³-hybridized carbons (Fsp3) is 0.394. The minimum Gasteiger partial charge on any atom is -0.497 e. The van der Waals surface area contributed by atoms with Crippen molar-refractivity contribution in [3.63, 3.8) is 0 Å². The molecule has 0 saturated heterocycles. The van der Waals surface area contributed by atoms with Crippen molar-refractivity contribution in [1.82, 2.24) is 10.2 Å². The van der Waals surface area contributed by atoms with Gasteiger partial charge in [0, 0.05) is 13.1 Å². The van der Waals surface area contributed by atoms with Crippen molar-refractivity contribution in [3.8, 4) is 11.5 Å². The van der Waals surface area contributed by atoms with Gasteiger partial charge in [-0.2, -0.15) is 0 Å². The van der Waals surface area contributed by atoms with Crippen molar-refractivity contribution >= 4 is 27.5 Å². The van der Waals surface area contributed by atoms with Crippen molar-refractivity contribution in [3.05, 3.63) is 83.4 Å². The number of hydrogen-bond donors (Lipinski definition) is 1. The van der Waals surface area contributed by atoms with E-state index in [9.17, 15) is 18.0 Å². The van der Waals surface area contributed by atoms with E-state index < -0.39 is 28.5 Å². The standard InChI is InChI=1S/C33H43N3O6S/c1-7-9-19-34-33(38)29(8-2)35(22-26-11-10-12-27(21-26)41-5)32(37)23-36(30-20-25(4)15-18-31(30)42-6)43(39,40)28-16-13-24(3)14-17-28/h10-18,20-21,29H,7-9,19,22-23H2,1-6H3,(H,34,38)/t29-/m1/s1. The number of carbonyl (C=O) groups is 2. The molecule has 0 aromatic heterocycles. The topological polar surface area (TPSA) is 105 Å². The summed E-state index contributed by atoms with van der Waals surface area (Å²) < 4.78 is 40.3. The first kappa shape index (κ1) is 33.5. The summed E-state index contributed by atoms with van der Waals surface area (Å²) in [6, 6.07) is 18.1. The van der Waals surface area contributed by atoms with Gasteiger partial charge in [-0.25, -0.2) is 8.42 Å². The minimum atomic E-state index is -4.22. The Morgan fingerprint density at radius 3 is 2.23 bits per heavy atom. The van der Waals surface area contributed by atoms with Gasteiger partial charge in [-0.3, -0.25) is 13.9 Å². The maximum absolute atomic E-state index is 14.3. The van der Waals surface area contributed by atoms with Gasteiger partial charge in [0.05, 0.1) is 24.8 Å². The van der Waals surface area contributed by atoms with Crippen LogP contribution in [0, 0.1) is 13.8 Å². The molecule has 1 atom stereocenters. The first-order chi connectivity index (χ1) is 20.5. The second-order valence-corrected chi connectivity index (χ2v) is 12.3. The number of aryl methyl sites for hydroxylation is 2. The summed E-state index contributed by atoms with van der Waals surface area (Å²) in [5.74, 6) is 0.101. The van der Waals surface area contributed by atoms with Crippen LogP contribution >= 0.6 is 0 Å². The number of carbonyl (C=O) groups excluding carboxylic acids is 2. The molecule has 0 fully saturated rings. The zero-order valence-corrected chi connectivity index (χ0v) is 26.7. The largest absolute Gasteiger partial charge is 0.497 e. The maximum atomic E-state index is 14.3. The quantitative estimate of drug-likeness (QED) is 0.236. The number of nitrogens with one attached hydrogen (secondary N) is 1. The molecule has 43 heavy (non-hydrogen) atoms. The Kier molecular flexibility index (Phi) is 12.0. The second kappa shape index (κ2) is 15.4. The van der Waals surface area contributed by atoms with Gasteiger partial charge < -0.3 is 19.7 Å². The van der Waals surface area contributed by atoms with E-state index in [2.05, 4.69) is 5.32 Å². The van der Waals surface area contributed by atoms with Gasteiger partial charge in [-0.1, -0.05) is 56.2 Å². The number of amides is 2. The first-order valence-electron chi connectivity index (χ1n) is 14.5. The molecule has 3 rings (SSSR count). The third kappa shape index (κ3) is 8.50. The predicted octanol–water partition coefficient (Wildman–Crippen LogP) is 5.24. The lowest BCUT2D eigenvalue weighted by Crippen LogP contribution is -2.52. The summed E-state index contributed by atoms with van der Waals surface area (Å²) in [6.07, 6.45) is 2.06. The van der Waals surface area contributed by atoms with Crippen LogP contribution in [0.1, 0.15) is 49.8 Å². The zero-order valence-electron chi connectivity index (χ0n) is 25.9. The number of rotatable bonds is 15. The van der Waals surface area contributed by atoms with Gasteiger partial charge in [-0.15, -0.1) is 0 Å². The molecule has 0 heterocycles. The van der Waals surface area contributed by atoms with Crippen molar-refractivity contribution in [1.29, 1.82) is 0 Å². The van der Waals surface area contributed by atoms with Crippen molar-refractivity contribution in [2.45, 2.75) is 64.4 Å². The van der Waals surface area contributed by atoms with Gasteiger partial charge in [0.2, 0.25) is 11.8 Å². The number of methoxy groups -OCH3 is 2. The van der Waals surface area contributed by atoms with Gasteiger partial charge in [-0.05, 0) is 74.2 Å². The number of sulfonamides is 1. The normalized spacial score (nSPS) is 11.9. The molecule has 0 saturated carbocycles. The Hall–Kier alpha value is -4.05. The second-order valence-electron chi connectivity index (χ2n) is 10.4. The molecule has 3 aromatic rings. The van der Waals surface area contributed by atoms with Crippen LogP contribution < -0.4 is 19.1 Å². The summed E-state index contributed by atoms with van der Waals surface area (Å²) in [4.78, 5) is 29.2. The molecular formula is C33H43N3O6S. The zero-order chi connectivity index (χ0) is 31.6. The van der Waals surface area contributed by atoms with Gasteiger partial charge in [0.25, 0.3) is 10.0 Å². The lowest BCUT2D eigenvalue weighted by Gasteiger charge is -2.33. The van der Waals surface area contributed by atoms with Crippen LogP contribution in [0.3, 0.4) is 0 Å². The highest BCUT2D eigenvalue weighted by molar-refractivity contribution is 7.92. The fourth-order valence-corrected chi connectivity index (χ4v) is 6.16. The Labute approximate surface area is 255 Å². The highest BCUT2D eigenvalue weighted by Gasteiger charge is 2.34. The third-order valence-corrected chi connectivity index (χ3v) is 8.97. The maximum Gasteiger partial charge on any atom is 0.264 e. The summed E-state index contributed by atoms with van der Waals surface area (Å²) in [6.45, 7) is 7.60. The first-order valence-corrected chi connectivity index (χ1v) is 15.9. The minimum absolute atomic E-state index is 0.0400. The molecule has 0 radical (unpaired) electrons. The van der Waals surface area contributed by atoms with Gasteiger partial charge in [0.1, 0.15) is 24.1 Å². The molecule has 0 bridgehead atoms. The van der Waals surface area contributed by atoms with E-state index in [0.717, 1.165) is 33.8 Å². The molecule has 0 aliphatic rings. The molecule has 10 heteroatoms. The number of ether oxygens (including phenoxy) is 2. The van der Waals surface area contributed by atoms with Crippen molar-refractivity contribution in [2.75, 3.05) is 31.6 Å². The summed E-state index contributed by atoms with van der Waals surface area (Å²) in [5, 5.41) is 2.94. The van der Waals surface area contributed by atoms with Crippen molar-refractivity contribution < 1.29 is 27.5 Å². The van der Waals surface area contributed by atoms with Crippen LogP contribution in [0.2, 0.25) is 0 Å². The molecule has 0 spiro atoms. The van der Waals surface area contributed by atoms with Crippen LogP contribution in [0.25, 0.3) is 0 Å². The van der Waals surface area contributed by atoms with Crippen LogP contribution in [0.4, 0.5) is 5.69 Å². The molecule has 1 N–H and O–H groups in total. The molecular weight excluding hydrogens is 566 g/mol. The average Bonchev–Trinajstić information content (AvgIpc) is 3.00. The number of hydrogen-bond acceptors (Lipinski definition) is 6. The molecule has 232 valence electrons. The van der Waals surface area contributed by atoms with E-state index in [-0.39, 0.29) is 23.0 Å². The number of anilines is 1. The molecule has 2 amide bonds. The van der Waals surface area contributed by atoms with Crippen LogP contribution in [-0.4, -0.2) is 58.5 Å². The Morgan fingerprint density at radius 2 is 1.60 bits per heavy atom. The van der Waals surface area contributed by atoms with Gasteiger partial charge >= 0.3 is 0 Å². The van der Waals surface area contributed by atoms with Crippen LogP contribution in [-0.2, 0) is 26.2 Å². The Bertz CT molecular complexity index is 1490. The molecule has 9 nitrogen and oxygen atoms in total. The Morgan fingerprint density at radius 1 is 0.907 bits per heavy atom. The lowest BCUT2D eigenvalue weighted by molar-refractivity contribution is -0.140. The molecule has 0 aliphatic carbocycles. The smallest absolute Gasteiger partial charge is 0.264 e. The van der Waals surface area contributed by atoms with Crippen molar-refractivity contribution in [2.24, 2.45) is 0 Å². The highest BCUT2D eigenvalue weighted by atomic mass is 32.2. The fourth-order valence-electron chi connectivity index (χ4n) is 4.74. The summed E-state index contributed by atoms with van der Waals surface area (Å²) in [5.41, 5.74) is 2.67. The van der Waals surface area contributed by atoms with E-state index >= 15 is 0 Å².